The minimum absolute atomic E-state index is 0.00607. The van der Waals surface area contributed by atoms with E-state index in [0.717, 1.165) is 0 Å². The summed E-state index contributed by atoms with van der Waals surface area (Å²) in [5, 5.41) is 5.18. The van der Waals surface area contributed by atoms with E-state index in [4.69, 9.17) is 4.74 Å². The van der Waals surface area contributed by atoms with Gasteiger partial charge in [0.2, 0.25) is 5.91 Å². The normalized spacial score (nSPS) is 10.9. The summed E-state index contributed by atoms with van der Waals surface area (Å²) >= 11 is 0. The molecule has 3 N–H and O–H groups in total. The van der Waals surface area contributed by atoms with Crippen LogP contribution in [0.5, 0.6) is 0 Å². The summed E-state index contributed by atoms with van der Waals surface area (Å²) in [6.07, 6.45) is 2.64. The van der Waals surface area contributed by atoms with Crippen LogP contribution in [-0.4, -0.2) is 45.5 Å². The highest BCUT2D eigenvalue weighted by Gasteiger charge is 2.15. The summed E-state index contributed by atoms with van der Waals surface area (Å²) in [6, 6.07) is 7.07. The molecule has 1 heterocycles. The van der Waals surface area contributed by atoms with Crippen molar-refractivity contribution in [2.24, 2.45) is 0 Å². The molecule has 0 aliphatic heterocycles. The molecule has 10 heteroatoms. The number of benzene rings is 1. The molecule has 0 radical (unpaired) electrons. The Morgan fingerprint density at radius 1 is 1.11 bits per heavy atom. The Balaban J connectivity index is 2.12. The number of anilines is 2. The van der Waals surface area contributed by atoms with Crippen LogP contribution in [0, 0.1) is 0 Å². The predicted molar refractivity (Wildman–Crippen MR) is 100 cm³/mol. The van der Waals surface area contributed by atoms with E-state index in [-0.39, 0.29) is 28.0 Å². The van der Waals surface area contributed by atoms with Gasteiger partial charge in [0, 0.05) is 32.5 Å². The summed E-state index contributed by atoms with van der Waals surface area (Å²) in [5.41, 5.74) is 0.852. The van der Waals surface area contributed by atoms with Gasteiger partial charge in [-0.15, -0.1) is 0 Å². The van der Waals surface area contributed by atoms with Crippen LogP contribution < -0.4 is 15.4 Å². The van der Waals surface area contributed by atoms with Crippen LogP contribution in [0.2, 0.25) is 0 Å². The maximum absolute atomic E-state index is 12.5. The zero-order valence-corrected chi connectivity index (χ0v) is 15.7. The largest absolute Gasteiger partial charge is 0.383 e. The lowest BCUT2D eigenvalue weighted by molar-refractivity contribution is -0.114. The molecule has 1 aromatic carbocycles. The number of ether oxygens (including phenoxy) is 1. The number of amides is 2. The zero-order valence-electron chi connectivity index (χ0n) is 14.9. The van der Waals surface area contributed by atoms with Gasteiger partial charge in [0.1, 0.15) is 0 Å². The highest BCUT2D eigenvalue weighted by Crippen LogP contribution is 2.18. The van der Waals surface area contributed by atoms with Gasteiger partial charge in [0.05, 0.1) is 29.0 Å². The van der Waals surface area contributed by atoms with E-state index in [9.17, 15) is 18.0 Å². The SMILES string of the molecule is COCCNC(=O)c1cncc(NS(=O)(=O)c2ccc(NC(C)=O)cc2)c1. The number of rotatable bonds is 8. The van der Waals surface area contributed by atoms with Crippen molar-refractivity contribution in [3.8, 4) is 0 Å². The number of sulfonamides is 1. The second kappa shape index (κ2) is 9.10. The lowest BCUT2D eigenvalue weighted by atomic mass is 10.2. The van der Waals surface area contributed by atoms with Gasteiger partial charge in [-0.05, 0) is 30.3 Å². The highest BCUT2D eigenvalue weighted by molar-refractivity contribution is 7.92. The number of methoxy groups -OCH3 is 1. The van der Waals surface area contributed by atoms with E-state index in [0.29, 0.717) is 18.8 Å². The lowest BCUT2D eigenvalue weighted by Crippen LogP contribution is -2.27. The Morgan fingerprint density at radius 3 is 2.44 bits per heavy atom. The second-order valence-electron chi connectivity index (χ2n) is 5.52. The van der Waals surface area contributed by atoms with Crippen LogP contribution in [-0.2, 0) is 19.6 Å². The summed E-state index contributed by atoms with van der Waals surface area (Å²) in [7, 11) is -2.36. The molecule has 0 saturated heterocycles. The molecule has 144 valence electrons. The molecule has 0 saturated carbocycles. The molecule has 9 nitrogen and oxygen atoms in total. The second-order valence-corrected chi connectivity index (χ2v) is 7.20. The fraction of sp³-hybridized carbons (Fsp3) is 0.235. The molecule has 0 unspecified atom stereocenters. The van der Waals surface area contributed by atoms with E-state index < -0.39 is 10.0 Å². The number of nitrogens with one attached hydrogen (secondary N) is 3. The van der Waals surface area contributed by atoms with Crippen LogP contribution in [0.4, 0.5) is 11.4 Å². The zero-order chi connectivity index (χ0) is 19.9. The average Bonchev–Trinajstić information content (AvgIpc) is 2.61. The molecule has 0 bridgehead atoms. The number of hydrogen-bond donors (Lipinski definition) is 3. The van der Waals surface area contributed by atoms with Crippen LogP contribution in [0.25, 0.3) is 0 Å². The van der Waals surface area contributed by atoms with Gasteiger partial charge in [-0.1, -0.05) is 0 Å². The molecule has 27 heavy (non-hydrogen) atoms. The Labute approximate surface area is 157 Å². The summed E-state index contributed by atoms with van der Waals surface area (Å²) in [4.78, 5) is 26.9. The van der Waals surface area contributed by atoms with Gasteiger partial charge in [0.25, 0.3) is 15.9 Å². The first-order valence-electron chi connectivity index (χ1n) is 7.94. The van der Waals surface area contributed by atoms with Crippen molar-refractivity contribution < 1.29 is 22.7 Å². The van der Waals surface area contributed by atoms with Crippen molar-refractivity contribution in [3.05, 3.63) is 48.3 Å². The van der Waals surface area contributed by atoms with Crippen molar-refractivity contribution in [2.45, 2.75) is 11.8 Å². The van der Waals surface area contributed by atoms with Gasteiger partial charge >= 0.3 is 0 Å². The van der Waals surface area contributed by atoms with Gasteiger partial charge in [-0.3, -0.25) is 19.3 Å². The van der Waals surface area contributed by atoms with Crippen LogP contribution in [0.1, 0.15) is 17.3 Å². The Morgan fingerprint density at radius 2 is 1.81 bits per heavy atom. The molecule has 0 aliphatic carbocycles. The third kappa shape index (κ3) is 6.04. The first kappa shape index (κ1) is 20.3. The maximum atomic E-state index is 12.5. The smallest absolute Gasteiger partial charge is 0.261 e. The molecule has 0 atom stereocenters. The summed E-state index contributed by atoms with van der Waals surface area (Å²) in [5.74, 6) is -0.643. The van der Waals surface area contributed by atoms with Gasteiger partial charge in [-0.25, -0.2) is 8.42 Å². The lowest BCUT2D eigenvalue weighted by Gasteiger charge is -2.10. The van der Waals surface area contributed by atoms with Gasteiger partial charge in [-0.2, -0.15) is 0 Å². The molecule has 2 rings (SSSR count). The first-order chi connectivity index (χ1) is 12.8. The Hall–Kier alpha value is -2.98. The van der Waals surface area contributed by atoms with Crippen molar-refractivity contribution in [2.75, 3.05) is 30.3 Å². The minimum Gasteiger partial charge on any atom is -0.383 e. The van der Waals surface area contributed by atoms with Crippen LogP contribution >= 0.6 is 0 Å². The number of nitrogens with zero attached hydrogens (tertiary/aromatic N) is 1. The van der Waals surface area contributed by atoms with Crippen molar-refractivity contribution in [1.29, 1.82) is 0 Å². The fourth-order valence-corrected chi connectivity index (χ4v) is 3.16. The standard InChI is InChI=1S/C17H20N4O5S/c1-12(22)20-14-3-5-16(6-4-14)27(24,25)21-15-9-13(10-18-11-15)17(23)19-7-8-26-2/h3-6,9-11,21H,7-8H2,1-2H3,(H,19,23)(H,20,22). The third-order valence-corrected chi connectivity index (χ3v) is 4.73. The minimum atomic E-state index is -3.88. The van der Waals surface area contributed by atoms with E-state index in [1.165, 1.54) is 56.8 Å². The van der Waals surface area contributed by atoms with Crippen LogP contribution in [0.15, 0.2) is 47.6 Å². The van der Waals surface area contributed by atoms with E-state index in [2.05, 4.69) is 20.3 Å². The number of pyridine rings is 1. The number of carbonyl (C=O) groups is 2. The maximum Gasteiger partial charge on any atom is 0.261 e. The predicted octanol–water partition coefficient (Wildman–Crippen LogP) is 1.22. The van der Waals surface area contributed by atoms with Crippen molar-refractivity contribution in [3.63, 3.8) is 0 Å². The quantitative estimate of drug-likeness (QED) is 0.580. The van der Waals surface area contributed by atoms with Gasteiger partial charge < -0.3 is 15.4 Å². The summed E-state index contributed by atoms with van der Waals surface area (Å²) < 4.78 is 32.2. The van der Waals surface area contributed by atoms with Crippen molar-refractivity contribution in [1.82, 2.24) is 10.3 Å². The van der Waals surface area contributed by atoms with E-state index in [1.807, 2.05) is 0 Å². The van der Waals surface area contributed by atoms with Crippen molar-refractivity contribution >= 4 is 33.2 Å². The molecule has 0 fully saturated rings. The topological polar surface area (TPSA) is 126 Å². The number of hydrogen-bond acceptors (Lipinski definition) is 6. The van der Waals surface area contributed by atoms with Crippen LogP contribution in [0.3, 0.4) is 0 Å². The number of carbonyl (C=O) groups excluding carboxylic acids is 2. The molecule has 1 aromatic heterocycles. The fourth-order valence-electron chi connectivity index (χ4n) is 2.12. The molecule has 0 spiro atoms. The molecule has 2 aromatic rings. The Bertz CT molecular complexity index is 913. The van der Waals surface area contributed by atoms with Gasteiger partial charge in [0.15, 0.2) is 0 Å². The molecule has 0 aliphatic rings. The molecular formula is C17H20N4O5S. The Kier molecular flexibility index (Phi) is 6.85. The third-order valence-electron chi connectivity index (χ3n) is 3.33. The number of aromatic nitrogens is 1. The monoisotopic (exact) mass is 392 g/mol. The summed E-state index contributed by atoms with van der Waals surface area (Å²) in [6.45, 7) is 2.05. The average molecular weight is 392 g/mol. The van der Waals surface area contributed by atoms with E-state index in [1.54, 1.807) is 0 Å². The van der Waals surface area contributed by atoms with E-state index >= 15 is 0 Å². The first-order valence-corrected chi connectivity index (χ1v) is 9.43. The highest BCUT2D eigenvalue weighted by atomic mass is 32.2. The molecular weight excluding hydrogens is 372 g/mol. The molecule has 2 amide bonds.